The third-order valence-electron chi connectivity index (χ3n) is 11.5. The Labute approximate surface area is 332 Å². The van der Waals surface area contributed by atoms with Crippen molar-refractivity contribution in [1.29, 1.82) is 0 Å². The van der Waals surface area contributed by atoms with Gasteiger partial charge in [0, 0.05) is 56.6 Å². The maximum absolute atomic E-state index is 14.8. The molecule has 2 saturated heterocycles. The van der Waals surface area contributed by atoms with Crippen molar-refractivity contribution in [3.63, 3.8) is 0 Å². The summed E-state index contributed by atoms with van der Waals surface area (Å²) in [5.41, 5.74) is -0.726. The lowest BCUT2D eigenvalue weighted by Gasteiger charge is -2.40. The summed E-state index contributed by atoms with van der Waals surface area (Å²) in [5.74, 6) is 2.07. The fourth-order valence-electron chi connectivity index (χ4n) is 7.97. The van der Waals surface area contributed by atoms with Gasteiger partial charge in [-0.2, -0.15) is 16.7 Å². The van der Waals surface area contributed by atoms with Crippen molar-refractivity contribution >= 4 is 64.8 Å². The molecule has 2 aliphatic carbocycles. The van der Waals surface area contributed by atoms with Crippen LogP contribution in [-0.4, -0.2) is 130 Å². The van der Waals surface area contributed by atoms with Gasteiger partial charge in [0.25, 0.3) is 11.8 Å². The van der Waals surface area contributed by atoms with E-state index >= 15 is 0 Å². The van der Waals surface area contributed by atoms with Crippen LogP contribution >= 0.6 is 23.4 Å². The number of thioether (sulfide) groups is 1. The topological polar surface area (TPSA) is 149 Å². The molecule has 3 heterocycles. The van der Waals surface area contributed by atoms with Crippen molar-refractivity contribution in [2.45, 2.75) is 87.7 Å². The number of carbonyl (C=O) groups is 4. The molecule has 3 amide bonds. The predicted molar refractivity (Wildman–Crippen MR) is 213 cm³/mol. The highest BCUT2D eigenvalue weighted by atomic mass is 35.5. The predicted octanol–water partition coefficient (Wildman–Crippen LogP) is 5.18. The zero-order valence-corrected chi connectivity index (χ0v) is 33.8. The van der Waals surface area contributed by atoms with Crippen LogP contribution in [-0.2, 0) is 14.4 Å². The van der Waals surface area contributed by atoms with Crippen LogP contribution in [0.5, 0.6) is 5.75 Å². The number of ether oxygens (including phenoxy) is 1. The van der Waals surface area contributed by atoms with E-state index in [1.807, 2.05) is 18.7 Å². The van der Waals surface area contributed by atoms with Crippen LogP contribution in [0.1, 0.15) is 75.6 Å². The number of hydrogen-bond donors (Lipinski definition) is 3. The zero-order valence-electron chi connectivity index (χ0n) is 32.2. The number of amides is 3. The summed E-state index contributed by atoms with van der Waals surface area (Å²) in [6, 6.07) is 3.87. The molecular formula is C39H54ClFN8O5S. The van der Waals surface area contributed by atoms with E-state index in [2.05, 4.69) is 30.8 Å². The lowest BCUT2D eigenvalue weighted by molar-refractivity contribution is -0.140. The molecule has 4 fully saturated rings. The number of aromatic nitrogens is 2. The minimum atomic E-state index is -1.90. The Morgan fingerprint density at radius 2 is 1.85 bits per heavy atom. The van der Waals surface area contributed by atoms with Gasteiger partial charge in [0.05, 0.1) is 25.0 Å². The number of likely N-dealkylation sites (tertiary alicyclic amines) is 1. The molecule has 4 unspecified atom stereocenters. The Balaban J connectivity index is 0.992. The first-order valence-electron chi connectivity index (χ1n) is 19.4. The lowest BCUT2D eigenvalue weighted by atomic mass is 9.82. The van der Waals surface area contributed by atoms with Gasteiger partial charge in [0.1, 0.15) is 28.9 Å². The second-order valence-electron chi connectivity index (χ2n) is 15.8. The van der Waals surface area contributed by atoms with Crippen LogP contribution in [0.3, 0.4) is 0 Å². The first-order valence-corrected chi connectivity index (χ1v) is 20.8. The summed E-state index contributed by atoms with van der Waals surface area (Å²) in [4.78, 5) is 66.5. The number of rotatable bonds is 15. The van der Waals surface area contributed by atoms with Gasteiger partial charge < -0.3 is 35.3 Å². The van der Waals surface area contributed by atoms with E-state index in [4.69, 9.17) is 16.3 Å². The number of halogens is 2. The standard InChI is InChI=1S/C39H54ClFN8O5S/c1-38(2,32(45-36(53)39(41)12-13-39)35(52)49-14-6-9-28(49)23-50)55-24-26-8-5-7-25(19-26)22-47-15-17-48(18-16-47)34(51)27-10-11-30(31(20-27)54-4)44-37-43-21-29(40)33(42-3)46-37/h10-11,20-21,23,25-26,28,32H,5-9,12-19,22,24H2,1-4H3,(H,45,53)(H2,42,43,44,46). The third-order valence-corrected chi connectivity index (χ3v) is 13.4. The normalized spacial score (nSPS) is 23.1. The summed E-state index contributed by atoms with van der Waals surface area (Å²) >= 11 is 7.78. The van der Waals surface area contributed by atoms with Gasteiger partial charge in [-0.25, -0.2) is 9.37 Å². The molecule has 2 aromatic rings. The molecular weight excluding hydrogens is 747 g/mol. The molecule has 1 aromatic heterocycles. The first-order chi connectivity index (χ1) is 26.3. The van der Waals surface area contributed by atoms with Crippen molar-refractivity contribution in [2.75, 3.05) is 69.8 Å². The van der Waals surface area contributed by atoms with Gasteiger partial charge in [-0.3, -0.25) is 19.3 Å². The van der Waals surface area contributed by atoms with E-state index < -0.39 is 28.4 Å². The molecule has 55 heavy (non-hydrogen) atoms. The molecule has 0 bridgehead atoms. The molecule has 4 atom stereocenters. The summed E-state index contributed by atoms with van der Waals surface area (Å²) < 4.78 is 19.7. The number of carbonyl (C=O) groups excluding carboxylic acids is 4. The number of nitrogens with zero attached hydrogens (tertiary/aromatic N) is 5. The smallest absolute Gasteiger partial charge is 0.258 e. The second kappa shape index (κ2) is 17.6. The molecule has 1 aromatic carbocycles. The van der Waals surface area contributed by atoms with Crippen LogP contribution in [0.4, 0.5) is 21.8 Å². The van der Waals surface area contributed by atoms with Crippen molar-refractivity contribution in [3.05, 3.63) is 35.0 Å². The molecule has 3 N–H and O–H groups in total. The van der Waals surface area contributed by atoms with Gasteiger partial charge >= 0.3 is 0 Å². The summed E-state index contributed by atoms with van der Waals surface area (Å²) in [7, 11) is 3.28. The van der Waals surface area contributed by atoms with Crippen molar-refractivity contribution in [1.82, 2.24) is 30.0 Å². The van der Waals surface area contributed by atoms with E-state index in [-0.39, 0.29) is 24.7 Å². The highest BCUT2D eigenvalue weighted by Gasteiger charge is 2.53. The molecule has 0 spiro atoms. The van der Waals surface area contributed by atoms with Gasteiger partial charge in [0.15, 0.2) is 5.67 Å². The number of anilines is 3. The molecule has 16 heteroatoms. The molecule has 300 valence electrons. The highest BCUT2D eigenvalue weighted by molar-refractivity contribution is 8.00. The summed E-state index contributed by atoms with van der Waals surface area (Å²) in [6.45, 7) is 8.19. The van der Waals surface area contributed by atoms with E-state index in [1.54, 1.807) is 49.0 Å². The maximum atomic E-state index is 14.8. The molecule has 2 aliphatic heterocycles. The fourth-order valence-corrected chi connectivity index (χ4v) is 9.45. The molecule has 13 nitrogen and oxygen atoms in total. The van der Waals surface area contributed by atoms with Crippen molar-refractivity contribution < 1.29 is 28.3 Å². The first kappa shape index (κ1) is 41.0. The second-order valence-corrected chi connectivity index (χ2v) is 17.9. The summed E-state index contributed by atoms with van der Waals surface area (Å²) in [5, 5.41) is 9.25. The van der Waals surface area contributed by atoms with Gasteiger partial charge in [0.2, 0.25) is 11.9 Å². The Bertz CT molecular complexity index is 1720. The number of nitrogens with one attached hydrogen (secondary N) is 3. The van der Waals surface area contributed by atoms with Gasteiger partial charge in [-0.15, -0.1) is 0 Å². The maximum Gasteiger partial charge on any atom is 0.258 e. The molecule has 6 rings (SSSR count). The van der Waals surface area contributed by atoms with E-state index in [9.17, 15) is 23.6 Å². The van der Waals surface area contributed by atoms with Crippen LogP contribution in [0.25, 0.3) is 0 Å². The molecule has 2 saturated carbocycles. The quantitative estimate of drug-likeness (QED) is 0.205. The minimum Gasteiger partial charge on any atom is -0.495 e. The van der Waals surface area contributed by atoms with E-state index in [1.165, 1.54) is 6.20 Å². The van der Waals surface area contributed by atoms with Crippen LogP contribution in [0.15, 0.2) is 24.4 Å². The Morgan fingerprint density at radius 1 is 1.11 bits per heavy atom. The molecule has 0 radical (unpaired) electrons. The lowest BCUT2D eigenvalue weighted by Crippen LogP contribution is -2.59. The largest absolute Gasteiger partial charge is 0.495 e. The van der Waals surface area contributed by atoms with Crippen molar-refractivity contribution in [3.8, 4) is 5.75 Å². The van der Waals surface area contributed by atoms with E-state index in [0.29, 0.717) is 71.7 Å². The number of piperazine rings is 1. The highest BCUT2D eigenvalue weighted by Crippen LogP contribution is 2.42. The number of aldehydes is 1. The monoisotopic (exact) mass is 800 g/mol. The van der Waals surface area contributed by atoms with Crippen LogP contribution in [0.2, 0.25) is 5.02 Å². The Hall–Kier alpha value is -3.69. The minimum absolute atomic E-state index is 0.0414. The fraction of sp³-hybridized carbons (Fsp3) is 0.641. The number of benzene rings is 1. The van der Waals surface area contributed by atoms with Crippen molar-refractivity contribution in [2.24, 2.45) is 11.8 Å². The number of alkyl halides is 1. The van der Waals surface area contributed by atoms with Crippen LogP contribution < -0.4 is 20.7 Å². The van der Waals surface area contributed by atoms with Crippen LogP contribution in [0, 0.1) is 11.8 Å². The SMILES string of the molecule is CNc1nc(Nc2ccc(C(=O)N3CCN(CC4CCCC(CSC(C)(C)C(NC(=O)C5(F)CC5)C(=O)N5CCCC5C=O)C4)CC3)cc2OC)ncc1Cl. The Morgan fingerprint density at radius 3 is 2.55 bits per heavy atom. The van der Waals surface area contributed by atoms with E-state index in [0.717, 1.165) is 63.8 Å². The van der Waals surface area contributed by atoms with Gasteiger partial charge in [-0.1, -0.05) is 18.0 Å². The summed E-state index contributed by atoms with van der Waals surface area (Å²) in [6.07, 6.45) is 8.43. The zero-order chi connectivity index (χ0) is 39.3. The van der Waals surface area contributed by atoms with Gasteiger partial charge in [-0.05, 0) is 94.6 Å². The molecule has 4 aliphatic rings. The average Bonchev–Trinajstić information content (AvgIpc) is 3.76. The average molecular weight is 801 g/mol. The number of hydrogen-bond acceptors (Lipinski definition) is 11. The third kappa shape index (κ3) is 9.83. The number of methoxy groups -OCH3 is 1. The Kier molecular flexibility index (Phi) is 13.1.